The molecule has 1 atom stereocenters. The Kier molecular flexibility index (Phi) is 5.62. The number of amides is 2. The molecular weight excluding hydrogens is 316 g/mol. The summed E-state index contributed by atoms with van der Waals surface area (Å²) < 4.78 is 10.4. The fourth-order valence-corrected chi connectivity index (χ4v) is 2.67. The Hall–Kier alpha value is -2.77. The predicted octanol–water partition coefficient (Wildman–Crippen LogP) is 0.639. The molecule has 0 bridgehead atoms. The number of ether oxygens (including phenoxy) is 2. The number of nitrogens with two attached hydrogens (primary N) is 1. The highest BCUT2D eigenvalue weighted by molar-refractivity contribution is 5.97. The van der Waals surface area contributed by atoms with E-state index in [0.717, 1.165) is 12.8 Å². The number of piperidine rings is 1. The third-order valence-corrected chi connectivity index (χ3v) is 3.83. The second kappa shape index (κ2) is 7.67. The molecule has 0 spiro atoms. The lowest BCUT2D eigenvalue weighted by Gasteiger charge is -2.33. The summed E-state index contributed by atoms with van der Waals surface area (Å²) in [4.78, 5) is 36.2. The summed E-state index contributed by atoms with van der Waals surface area (Å²) in [6.45, 7) is 0.0922. The Morgan fingerprint density at radius 1 is 1.29 bits per heavy atom. The smallest absolute Gasteiger partial charge is 0.326 e. The SMILES string of the molecule is COc1cc(C(=O)N2CCCC[C@@H]2C(=O)O)ccc1OCC(N)=O. The number of aliphatic carboxylic acids is 1. The van der Waals surface area contributed by atoms with Gasteiger partial charge in [-0.05, 0) is 37.5 Å². The summed E-state index contributed by atoms with van der Waals surface area (Å²) in [7, 11) is 1.40. The maximum atomic E-state index is 12.7. The third kappa shape index (κ3) is 3.95. The minimum Gasteiger partial charge on any atom is -0.493 e. The Morgan fingerprint density at radius 2 is 2.04 bits per heavy atom. The van der Waals surface area contributed by atoms with E-state index in [1.165, 1.54) is 30.2 Å². The zero-order chi connectivity index (χ0) is 17.7. The first-order chi connectivity index (χ1) is 11.4. The molecule has 8 heteroatoms. The van der Waals surface area contributed by atoms with Gasteiger partial charge in [0.15, 0.2) is 18.1 Å². The predicted molar refractivity (Wildman–Crippen MR) is 84.0 cm³/mol. The Balaban J connectivity index is 2.22. The quantitative estimate of drug-likeness (QED) is 0.787. The molecule has 24 heavy (non-hydrogen) atoms. The molecule has 1 aliphatic heterocycles. The van der Waals surface area contributed by atoms with Crippen molar-refractivity contribution in [2.24, 2.45) is 5.73 Å². The lowest BCUT2D eigenvalue weighted by Crippen LogP contribution is -2.47. The Morgan fingerprint density at radius 3 is 2.67 bits per heavy atom. The number of primary amides is 1. The van der Waals surface area contributed by atoms with Crippen molar-refractivity contribution in [3.63, 3.8) is 0 Å². The zero-order valence-corrected chi connectivity index (χ0v) is 13.4. The summed E-state index contributed by atoms with van der Waals surface area (Å²) in [5, 5.41) is 9.29. The van der Waals surface area contributed by atoms with E-state index < -0.39 is 17.9 Å². The lowest BCUT2D eigenvalue weighted by atomic mass is 10.0. The van der Waals surface area contributed by atoms with E-state index >= 15 is 0 Å². The van der Waals surface area contributed by atoms with Gasteiger partial charge in [0.1, 0.15) is 6.04 Å². The molecule has 3 N–H and O–H groups in total. The van der Waals surface area contributed by atoms with E-state index in [9.17, 15) is 19.5 Å². The molecule has 2 rings (SSSR count). The third-order valence-electron chi connectivity index (χ3n) is 3.83. The number of nitrogens with zero attached hydrogens (tertiary/aromatic N) is 1. The van der Waals surface area contributed by atoms with Gasteiger partial charge >= 0.3 is 5.97 Å². The summed E-state index contributed by atoms with van der Waals surface area (Å²) in [6, 6.07) is 3.65. The van der Waals surface area contributed by atoms with E-state index in [2.05, 4.69) is 0 Å². The molecule has 1 saturated heterocycles. The van der Waals surface area contributed by atoms with Crippen LogP contribution >= 0.6 is 0 Å². The Bertz CT molecular complexity index is 645. The van der Waals surface area contributed by atoms with Gasteiger partial charge in [-0.1, -0.05) is 0 Å². The van der Waals surface area contributed by atoms with Crippen LogP contribution in [0.1, 0.15) is 29.6 Å². The van der Waals surface area contributed by atoms with Gasteiger partial charge in [0.25, 0.3) is 11.8 Å². The fraction of sp³-hybridized carbons (Fsp3) is 0.438. The van der Waals surface area contributed by atoms with Crippen LogP contribution in [0.5, 0.6) is 11.5 Å². The van der Waals surface area contributed by atoms with Gasteiger partial charge in [0.2, 0.25) is 0 Å². The van der Waals surface area contributed by atoms with Crippen LogP contribution in [0.3, 0.4) is 0 Å². The Labute approximate surface area is 139 Å². The summed E-state index contributed by atoms with van der Waals surface area (Å²) in [6.07, 6.45) is 1.99. The normalized spacial score (nSPS) is 17.2. The van der Waals surface area contributed by atoms with Crippen LogP contribution in [-0.2, 0) is 9.59 Å². The van der Waals surface area contributed by atoms with Gasteiger partial charge in [0, 0.05) is 12.1 Å². The lowest BCUT2D eigenvalue weighted by molar-refractivity contribution is -0.143. The molecule has 8 nitrogen and oxygen atoms in total. The number of carboxylic acids is 1. The molecule has 1 aromatic carbocycles. The number of benzene rings is 1. The topological polar surface area (TPSA) is 119 Å². The van der Waals surface area contributed by atoms with Crippen molar-refractivity contribution in [2.75, 3.05) is 20.3 Å². The molecule has 1 heterocycles. The molecule has 0 unspecified atom stereocenters. The monoisotopic (exact) mass is 336 g/mol. The van der Waals surface area contributed by atoms with Crippen LogP contribution in [-0.4, -0.2) is 54.1 Å². The van der Waals surface area contributed by atoms with Crippen molar-refractivity contribution in [1.29, 1.82) is 0 Å². The number of carboxylic acid groups (broad SMARTS) is 1. The van der Waals surface area contributed by atoms with Gasteiger partial charge in [0.05, 0.1) is 7.11 Å². The molecule has 1 aliphatic rings. The number of rotatable bonds is 6. The number of hydrogen-bond donors (Lipinski definition) is 2. The highest BCUT2D eigenvalue weighted by atomic mass is 16.5. The van der Waals surface area contributed by atoms with E-state index in [-0.39, 0.29) is 24.0 Å². The van der Waals surface area contributed by atoms with Crippen molar-refractivity contribution < 1.29 is 29.0 Å². The second-order valence-corrected chi connectivity index (χ2v) is 5.47. The largest absolute Gasteiger partial charge is 0.493 e. The average molecular weight is 336 g/mol. The minimum atomic E-state index is -1.00. The van der Waals surface area contributed by atoms with Crippen LogP contribution in [0.25, 0.3) is 0 Å². The first-order valence-electron chi connectivity index (χ1n) is 7.57. The molecule has 1 fully saturated rings. The second-order valence-electron chi connectivity index (χ2n) is 5.47. The molecule has 0 aromatic heterocycles. The van der Waals surface area contributed by atoms with Crippen LogP contribution in [0, 0.1) is 0 Å². The number of methoxy groups -OCH3 is 1. The number of likely N-dealkylation sites (tertiary alicyclic amines) is 1. The summed E-state index contributed by atoms with van der Waals surface area (Å²) >= 11 is 0. The molecule has 2 amide bonds. The van der Waals surface area contributed by atoms with Gasteiger partial charge < -0.3 is 25.2 Å². The van der Waals surface area contributed by atoms with Crippen LogP contribution in [0.15, 0.2) is 18.2 Å². The molecule has 0 radical (unpaired) electrons. The minimum absolute atomic E-state index is 0.269. The number of carbonyl (C=O) groups excluding carboxylic acids is 2. The fourth-order valence-electron chi connectivity index (χ4n) is 2.67. The number of hydrogen-bond acceptors (Lipinski definition) is 5. The molecule has 1 aromatic rings. The van der Waals surface area contributed by atoms with Crippen LogP contribution in [0.4, 0.5) is 0 Å². The summed E-state index contributed by atoms with van der Waals surface area (Å²) in [5.41, 5.74) is 5.33. The standard InChI is InChI=1S/C16H20N2O6/c1-23-13-8-10(5-6-12(13)24-9-14(17)19)15(20)18-7-3-2-4-11(18)16(21)22/h5-6,8,11H,2-4,7,9H2,1H3,(H2,17,19)(H,21,22)/t11-/m1/s1. The van der Waals surface area contributed by atoms with Crippen molar-refractivity contribution in [2.45, 2.75) is 25.3 Å². The number of carbonyl (C=O) groups is 3. The molecule has 0 aliphatic carbocycles. The van der Waals surface area contributed by atoms with Gasteiger partial charge in [-0.2, -0.15) is 0 Å². The highest BCUT2D eigenvalue weighted by Gasteiger charge is 2.32. The summed E-state index contributed by atoms with van der Waals surface area (Å²) in [5.74, 6) is -1.46. The van der Waals surface area contributed by atoms with Crippen molar-refractivity contribution in [3.8, 4) is 11.5 Å². The van der Waals surface area contributed by atoms with E-state index in [1.807, 2.05) is 0 Å². The van der Waals surface area contributed by atoms with Gasteiger partial charge in [-0.25, -0.2) is 4.79 Å². The first-order valence-corrected chi connectivity index (χ1v) is 7.57. The van der Waals surface area contributed by atoms with E-state index in [0.29, 0.717) is 18.5 Å². The average Bonchev–Trinajstić information content (AvgIpc) is 2.59. The molecule has 0 saturated carbocycles. The molecule has 130 valence electrons. The highest BCUT2D eigenvalue weighted by Crippen LogP contribution is 2.29. The molecular formula is C16H20N2O6. The van der Waals surface area contributed by atoms with E-state index in [4.69, 9.17) is 15.2 Å². The maximum Gasteiger partial charge on any atom is 0.326 e. The van der Waals surface area contributed by atoms with Crippen molar-refractivity contribution in [3.05, 3.63) is 23.8 Å². The van der Waals surface area contributed by atoms with Crippen molar-refractivity contribution in [1.82, 2.24) is 4.90 Å². The maximum absolute atomic E-state index is 12.7. The van der Waals surface area contributed by atoms with Crippen LogP contribution in [0.2, 0.25) is 0 Å². The van der Waals surface area contributed by atoms with Gasteiger partial charge in [-0.3, -0.25) is 9.59 Å². The van der Waals surface area contributed by atoms with Gasteiger partial charge in [-0.15, -0.1) is 0 Å². The zero-order valence-electron chi connectivity index (χ0n) is 13.4. The van der Waals surface area contributed by atoms with Crippen molar-refractivity contribution >= 4 is 17.8 Å². The van der Waals surface area contributed by atoms with Crippen LogP contribution < -0.4 is 15.2 Å². The van der Waals surface area contributed by atoms with E-state index in [1.54, 1.807) is 0 Å². The first kappa shape index (κ1) is 17.6.